The molecule has 27 heavy (non-hydrogen) atoms. The number of likely N-dealkylation sites (N-methyl/N-ethyl adjacent to an activating group) is 1. The van der Waals surface area contributed by atoms with Crippen molar-refractivity contribution in [3.05, 3.63) is 0 Å². The molecule has 0 N–H and O–H groups in total. The lowest BCUT2D eigenvalue weighted by molar-refractivity contribution is -0.910. The molecule has 1 fully saturated rings. The average molecular weight is 385 g/mol. The van der Waals surface area contributed by atoms with E-state index in [1.54, 1.807) is 0 Å². The molecule has 0 aliphatic carbocycles. The van der Waals surface area contributed by atoms with Gasteiger partial charge in [0, 0.05) is 0 Å². The van der Waals surface area contributed by atoms with E-state index >= 15 is 0 Å². The molecule has 0 amide bonds. The summed E-state index contributed by atoms with van der Waals surface area (Å²) in [5, 5.41) is 0. The number of hydrogen-bond donors (Lipinski definition) is 0. The smallest absolute Gasteiger partial charge is 0.361 e. The van der Waals surface area contributed by atoms with Crippen molar-refractivity contribution < 1.29 is 18.8 Å². The van der Waals surface area contributed by atoms with Crippen LogP contribution in [0.4, 0.5) is 0 Å². The first kappa shape index (κ1) is 24.4. The number of esters is 1. The molecule has 1 rings (SSSR count). The molecule has 1 aliphatic rings. The number of nitrogens with zero attached hydrogens (tertiary/aromatic N) is 1. The van der Waals surface area contributed by atoms with Crippen molar-refractivity contribution in [3.63, 3.8) is 0 Å². The van der Waals surface area contributed by atoms with Crippen molar-refractivity contribution in [2.75, 3.05) is 46.5 Å². The third-order valence-corrected chi connectivity index (χ3v) is 5.82. The minimum Gasteiger partial charge on any atom is -0.462 e. The molecule has 4 heteroatoms. The van der Waals surface area contributed by atoms with Crippen molar-refractivity contribution in [2.24, 2.45) is 0 Å². The second-order valence-electron chi connectivity index (χ2n) is 8.65. The van der Waals surface area contributed by atoms with Gasteiger partial charge in [-0.25, -0.2) is 4.79 Å². The molecule has 0 unspecified atom stereocenters. The van der Waals surface area contributed by atoms with Crippen LogP contribution in [0.2, 0.25) is 0 Å². The first-order chi connectivity index (χ1) is 13.2. The second-order valence-corrected chi connectivity index (χ2v) is 8.65. The molecule has 160 valence electrons. The van der Waals surface area contributed by atoms with Crippen LogP contribution < -0.4 is 0 Å². The quantitative estimate of drug-likeness (QED) is 0.189. The van der Waals surface area contributed by atoms with Crippen molar-refractivity contribution in [3.8, 4) is 0 Å². The Morgan fingerprint density at radius 2 is 1.22 bits per heavy atom. The Morgan fingerprint density at radius 3 is 1.70 bits per heavy atom. The summed E-state index contributed by atoms with van der Waals surface area (Å²) in [5.41, 5.74) is 0. The highest BCUT2D eigenvalue weighted by Crippen LogP contribution is 2.13. The van der Waals surface area contributed by atoms with Gasteiger partial charge < -0.3 is 14.0 Å². The molecule has 0 aromatic heterocycles. The van der Waals surface area contributed by atoms with E-state index in [4.69, 9.17) is 9.47 Å². The number of ether oxygens (including phenoxy) is 2. The van der Waals surface area contributed by atoms with Crippen molar-refractivity contribution in [1.29, 1.82) is 0 Å². The van der Waals surface area contributed by atoms with Crippen LogP contribution in [0.1, 0.15) is 96.8 Å². The maximum absolute atomic E-state index is 12.0. The summed E-state index contributed by atoms with van der Waals surface area (Å²) >= 11 is 0. The minimum absolute atomic E-state index is 0.0471. The number of quaternary nitrogens is 1. The zero-order chi connectivity index (χ0) is 19.6. The highest BCUT2D eigenvalue weighted by molar-refractivity contribution is 5.70. The first-order valence-electron chi connectivity index (χ1n) is 11.7. The zero-order valence-electron chi connectivity index (χ0n) is 18.3. The summed E-state index contributed by atoms with van der Waals surface area (Å²) in [4.78, 5) is 12.0. The molecular weight excluding hydrogens is 338 g/mol. The van der Waals surface area contributed by atoms with E-state index < -0.39 is 0 Å². The highest BCUT2D eigenvalue weighted by Gasteiger charge is 2.28. The summed E-state index contributed by atoms with van der Waals surface area (Å²) in [6, 6.07) is 0. The van der Waals surface area contributed by atoms with Crippen LogP contribution in [0.15, 0.2) is 0 Å². The molecule has 0 atom stereocenters. The lowest BCUT2D eigenvalue weighted by Crippen LogP contribution is -2.54. The summed E-state index contributed by atoms with van der Waals surface area (Å²) < 4.78 is 11.6. The van der Waals surface area contributed by atoms with E-state index in [9.17, 15) is 4.79 Å². The Morgan fingerprint density at radius 1 is 0.778 bits per heavy atom. The topological polar surface area (TPSA) is 35.5 Å². The zero-order valence-corrected chi connectivity index (χ0v) is 18.3. The Labute approximate surface area is 168 Å². The van der Waals surface area contributed by atoms with Gasteiger partial charge in [0.25, 0.3) is 0 Å². The van der Waals surface area contributed by atoms with Gasteiger partial charge in [0.1, 0.15) is 13.1 Å². The molecule has 1 saturated heterocycles. The molecule has 1 heterocycles. The number of morpholine rings is 1. The van der Waals surface area contributed by atoms with Crippen LogP contribution >= 0.6 is 0 Å². The van der Waals surface area contributed by atoms with E-state index in [1.165, 1.54) is 83.5 Å². The van der Waals surface area contributed by atoms with Gasteiger partial charge >= 0.3 is 5.97 Å². The average Bonchev–Trinajstić information content (AvgIpc) is 2.65. The minimum atomic E-state index is -0.0471. The Hall–Kier alpha value is -0.610. The van der Waals surface area contributed by atoms with Crippen molar-refractivity contribution in [1.82, 2.24) is 0 Å². The molecule has 0 aromatic rings. The number of hydrogen-bond acceptors (Lipinski definition) is 3. The fourth-order valence-electron chi connectivity index (χ4n) is 3.78. The second kappa shape index (κ2) is 16.4. The van der Waals surface area contributed by atoms with E-state index in [-0.39, 0.29) is 5.97 Å². The standard InChI is InChI=1S/C23H46NO3/c1-3-4-5-6-7-8-9-10-11-12-13-14-15-16-19-27-23(25)22-24(2)17-20-26-21-18-24/h3-22H2,1-2H3/q+1. The summed E-state index contributed by atoms with van der Waals surface area (Å²) in [5.74, 6) is -0.0471. The molecule has 0 radical (unpaired) electrons. The lowest BCUT2D eigenvalue weighted by Gasteiger charge is -2.36. The monoisotopic (exact) mass is 384 g/mol. The predicted octanol–water partition coefficient (Wildman–Crippen LogP) is 5.49. The molecule has 0 aromatic carbocycles. The molecule has 1 aliphatic heterocycles. The van der Waals surface area contributed by atoms with Gasteiger partial charge in [0.2, 0.25) is 0 Å². The Kier molecular flexibility index (Phi) is 14.8. The van der Waals surface area contributed by atoms with Crippen LogP contribution in [-0.2, 0) is 14.3 Å². The SMILES string of the molecule is CCCCCCCCCCCCCCCCOC(=O)C[N+]1(C)CCOCC1. The third kappa shape index (κ3) is 14.1. The van der Waals surface area contributed by atoms with Gasteiger partial charge in [-0.15, -0.1) is 0 Å². The number of rotatable bonds is 17. The van der Waals surface area contributed by atoms with Crippen molar-refractivity contribution in [2.45, 2.75) is 96.8 Å². The summed E-state index contributed by atoms with van der Waals surface area (Å²) in [7, 11) is 2.12. The lowest BCUT2D eigenvalue weighted by atomic mass is 10.0. The van der Waals surface area contributed by atoms with Gasteiger partial charge in [0.05, 0.1) is 26.9 Å². The molecule has 0 saturated carbocycles. The van der Waals surface area contributed by atoms with Gasteiger partial charge in [0.15, 0.2) is 6.54 Å². The van der Waals surface area contributed by atoms with Crippen LogP contribution in [0.5, 0.6) is 0 Å². The fraction of sp³-hybridized carbons (Fsp3) is 0.957. The van der Waals surface area contributed by atoms with Crippen LogP contribution in [0.3, 0.4) is 0 Å². The van der Waals surface area contributed by atoms with Gasteiger partial charge in [-0.1, -0.05) is 90.4 Å². The molecule has 4 nitrogen and oxygen atoms in total. The molecule has 0 bridgehead atoms. The van der Waals surface area contributed by atoms with Gasteiger partial charge in [-0.05, 0) is 6.42 Å². The number of unbranched alkanes of at least 4 members (excludes halogenated alkanes) is 13. The molecule has 0 spiro atoms. The van der Waals surface area contributed by atoms with Crippen LogP contribution in [0.25, 0.3) is 0 Å². The van der Waals surface area contributed by atoms with Gasteiger partial charge in [-0.2, -0.15) is 0 Å². The van der Waals surface area contributed by atoms with E-state index in [0.29, 0.717) is 13.2 Å². The maximum atomic E-state index is 12.0. The normalized spacial score (nSPS) is 16.4. The Balaban J connectivity index is 1.79. The summed E-state index contributed by atoms with van der Waals surface area (Å²) in [6.45, 7) is 6.68. The number of carbonyl (C=O) groups is 1. The molecular formula is C23H46NO3+. The first-order valence-corrected chi connectivity index (χ1v) is 11.7. The van der Waals surface area contributed by atoms with E-state index in [2.05, 4.69) is 14.0 Å². The highest BCUT2D eigenvalue weighted by atomic mass is 16.5. The predicted molar refractivity (Wildman–Crippen MR) is 113 cm³/mol. The van der Waals surface area contributed by atoms with E-state index in [0.717, 1.165) is 37.2 Å². The summed E-state index contributed by atoms with van der Waals surface area (Å²) in [6.07, 6.45) is 18.9. The maximum Gasteiger partial charge on any atom is 0.361 e. The van der Waals surface area contributed by atoms with Gasteiger partial charge in [-0.3, -0.25) is 0 Å². The largest absolute Gasteiger partial charge is 0.462 e. The van der Waals surface area contributed by atoms with E-state index in [1.807, 2.05) is 0 Å². The Bertz CT molecular complexity index is 354. The van der Waals surface area contributed by atoms with Crippen LogP contribution in [-0.4, -0.2) is 57.0 Å². The number of carbonyl (C=O) groups excluding carboxylic acids is 1. The van der Waals surface area contributed by atoms with Crippen molar-refractivity contribution >= 4 is 5.97 Å². The van der Waals surface area contributed by atoms with Crippen LogP contribution in [0, 0.1) is 0 Å². The third-order valence-electron chi connectivity index (χ3n) is 5.82. The fourth-order valence-corrected chi connectivity index (χ4v) is 3.78.